The van der Waals surface area contributed by atoms with Gasteiger partial charge in [-0.1, -0.05) is 27.7 Å². The van der Waals surface area contributed by atoms with Crippen LogP contribution >= 0.6 is 0 Å². The Bertz CT molecular complexity index is 1840. The molecule has 2 saturated heterocycles. The third-order valence-electron chi connectivity index (χ3n) is 10.9. The number of nitrogens with two attached hydrogens (primary N) is 2. The van der Waals surface area contributed by atoms with Crippen molar-refractivity contribution >= 4 is 71.0 Å². The number of aliphatic hydroxyl groups is 1. The first-order chi connectivity index (χ1) is 30.8. The Labute approximate surface area is 380 Å². The third-order valence-corrected chi connectivity index (χ3v) is 10.9. The SMILES string of the molecule is CC(C)[C@H](NC(=O)CNC(=O)[C@@H](NC(=O)[C@@H]1CCCN1C(=O)[C@@H]1CCCN1C(=O)[C@@H](NC(=O)[C@H](CC(=O)O)NC(=O)[C@H](C)NC(=O)CNC(=O)[C@@H](N)CCC(N)=O)[C@@H](C)O)C(C)C)C(=O)O. The van der Waals surface area contributed by atoms with Gasteiger partial charge in [-0.2, -0.15) is 0 Å². The highest BCUT2D eigenvalue weighted by molar-refractivity contribution is 5.99. The van der Waals surface area contributed by atoms with Crippen molar-refractivity contribution in [1.82, 2.24) is 47.0 Å². The molecule has 0 unspecified atom stereocenters. The molecule has 10 amide bonds. The van der Waals surface area contributed by atoms with Gasteiger partial charge < -0.3 is 73.8 Å². The van der Waals surface area contributed by atoms with Crippen molar-refractivity contribution in [1.29, 1.82) is 0 Å². The van der Waals surface area contributed by atoms with E-state index in [4.69, 9.17) is 11.5 Å². The van der Waals surface area contributed by atoms with Gasteiger partial charge >= 0.3 is 11.9 Å². The van der Waals surface area contributed by atoms with Crippen molar-refractivity contribution in [3.05, 3.63) is 0 Å². The van der Waals surface area contributed by atoms with E-state index in [1.54, 1.807) is 27.7 Å². The van der Waals surface area contributed by atoms with Crippen LogP contribution in [0.4, 0.5) is 0 Å². The number of carboxylic acids is 2. The van der Waals surface area contributed by atoms with Gasteiger partial charge in [-0.15, -0.1) is 0 Å². The molecule has 0 aromatic carbocycles. The van der Waals surface area contributed by atoms with Gasteiger partial charge in [0, 0.05) is 19.5 Å². The van der Waals surface area contributed by atoms with Crippen LogP contribution in [0.25, 0.3) is 0 Å². The number of rotatable bonds is 25. The van der Waals surface area contributed by atoms with E-state index in [1.165, 1.54) is 11.8 Å². The molecule has 0 bridgehead atoms. The molecule has 66 heavy (non-hydrogen) atoms. The number of carboxylic acid groups (broad SMARTS) is 2. The van der Waals surface area contributed by atoms with Gasteiger partial charge in [0.2, 0.25) is 59.1 Å². The van der Waals surface area contributed by atoms with Gasteiger partial charge in [0.25, 0.3) is 0 Å². The molecule has 2 aliphatic heterocycles. The summed E-state index contributed by atoms with van der Waals surface area (Å²) in [5.41, 5.74) is 10.7. The Morgan fingerprint density at radius 1 is 0.636 bits per heavy atom. The van der Waals surface area contributed by atoms with E-state index in [9.17, 15) is 72.9 Å². The zero-order valence-corrected chi connectivity index (χ0v) is 37.9. The van der Waals surface area contributed by atoms with Crippen LogP contribution < -0.4 is 48.7 Å². The van der Waals surface area contributed by atoms with E-state index < -0.39 is 157 Å². The number of carbonyl (C=O) groups excluding carboxylic acids is 10. The van der Waals surface area contributed by atoms with Gasteiger partial charge in [0.1, 0.15) is 42.3 Å². The normalized spacial score (nSPS) is 18.9. The lowest BCUT2D eigenvalue weighted by Gasteiger charge is -2.34. The Morgan fingerprint density at radius 2 is 1.18 bits per heavy atom. The Hall–Kier alpha value is -6.44. The van der Waals surface area contributed by atoms with E-state index in [1.807, 2.05) is 0 Å². The quantitative estimate of drug-likeness (QED) is 0.0406. The van der Waals surface area contributed by atoms with Gasteiger partial charge in [0.15, 0.2) is 0 Å². The number of likely N-dealkylation sites (tertiary alicyclic amines) is 2. The average molecular weight is 940 g/mol. The minimum Gasteiger partial charge on any atom is -0.481 e. The molecule has 0 radical (unpaired) electrons. The van der Waals surface area contributed by atoms with Crippen molar-refractivity contribution in [3.63, 3.8) is 0 Å². The summed E-state index contributed by atoms with van der Waals surface area (Å²) in [6.45, 7) is 7.74. The lowest BCUT2D eigenvalue weighted by atomic mass is 10.0. The predicted octanol–water partition coefficient (Wildman–Crippen LogP) is -5.51. The Kier molecular flexibility index (Phi) is 21.8. The minimum atomic E-state index is -1.84. The molecule has 26 heteroatoms. The smallest absolute Gasteiger partial charge is 0.326 e. The Balaban J connectivity index is 2.12. The highest BCUT2D eigenvalue weighted by Crippen LogP contribution is 2.26. The van der Waals surface area contributed by atoms with E-state index in [0.29, 0.717) is 12.8 Å². The van der Waals surface area contributed by atoms with Crippen LogP contribution in [-0.2, 0) is 57.5 Å². The monoisotopic (exact) mass is 939 g/mol. The zero-order valence-electron chi connectivity index (χ0n) is 37.9. The number of primary amides is 1. The van der Waals surface area contributed by atoms with Gasteiger partial charge in [0.05, 0.1) is 31.7 Å². The topological polar surface area (TPSA) is 408 Å². The summed E-state index contributed by atoms with van der Waals surface area (Å²) >= 11 is 0. The third kappa shape index (κ3) is 16.8. The van der Waals surface area contributed by atoms with Crippen LogP contribution in [0.15, 0.2) is 0 Å². The number of amides is 10. The van der Waals surface area contributed by atoms with Crippen LogP contribution in [0.3, 0.4) is 0 Å². The summed E-state index contributed by atoms with van der Waals surface area (Å²) in [6.07, 6.45) is -1.82. The maximum Gasteiger partial charge on any atom is 0.326 e. The maximum absolute atomic E-state index is 14.1. The van der Waals surface area contributed by atoms with Crippen molar-refractivity contribution in [2.45, 2.75) is 141 Å². The fourth-order valence-corrected chi connectivity index (χ4v) is 7.17. The fraction of sp³-hybridized carbons (Fsp3) is 0.700. The molecule has 14 N–H and O–H groups in total. The summed E-state index contributed by atoms with van der Waals surface area (Å²) in [5.74, 6) is -12.0. The first-order valence-electron chi connectivity index (χ1n) is 21.6. The largest absolute Gasteiger partial charge is 0.481 e. The fourth-order valence-electron chi connectivity index (χ4n) is 7.17. The molecular formula is C40H65N11O15. The standard InChI is InChI=1S/C40H65N11O15/c1-18(2)30(37(62)44-17-28(55)47-31(19(3)4)40(65)66)48-36(61)24-9-7-13-50(24)38(63)25-10-8-14-51(25)39(64)32(21(6)52)49-35(60)23(15-29(56)57)46-33(58)20(5)45-27(54)16-43-34(59)22(41)11-12-26(42)53/h18-25,30-32,52H,7-17,41H2,1-6H3,(H2,42,53)(H,43,59)(H,44,62)(H,45,54)(H,46,58)(H,47,55)(H,48,61)(H,49,60)(H,56,57)(H,65,66)/t20-,21+,22-,23-,24-,25-,30-,31-,32-/m0/s1. The number of hydrogen-bond acceptors (Lipinski definition) is 14. The number of aliphatic carboxylic acids is 2. The van der Waals surface area contributed by atoms with Crippen LogP contribution in [0.1, 0.15) is 86.5 Å². The summed E-state index contributed by atoms with van der Waals surface area (Å²) in [4.78, 5) is 155. The zero-order chi connectivity index (χ0) is 50.2. The van der Waals surface area contributed by atoms with Crippen LogP contribution in [0, 0.1) is 11.8 Å². The molecule has 0 aromatic heterocycles. The highest BCUT2D eigenvalue weighted by Gasteiger charge is 2.45. The summed E-state index contributed by atoms with van der Waals surface area (Å²) in [7, 11) is 0. The average Bonchev–Trinajstić information content (AvgIpc) is 3.94. The molecule has 2 rings (SSSR count). The molecule has 0 aromatic rings. The van der Waals surface area contributed by atoms with E-state index in [-0.39, 0.29) is 38.8 Å². The second-order valence-electron chi connectivity index (χ2n) is 17.0. The van der Waals surface area contributed by atoms with Gasteiger partial charge in [-0.05, 0) is 57.8 Å². The van der Waals surface area contributed by atoms with Crippen molar-refractivity contribution < 1.29 is 72.9 Å². The van der Waals surface area contributed by atoms with Crippen LogP contribution in [0.2, 0.25) is 0 Å². The molecule has 2 fully saturated rings. The lowest BCUT2D eigenvalue weighted by molar-refractivity contribution is -0.149. The molecule has 2 heterocycles. The van der Waals surface area contributed by atoms with E-state index in [2.05, 4.69) is 37.2 Å². The second-order valence-corrected chi connectivity index (χ2v) is 17.0. The number of hydrogen-bond donors (Lipinski definition) is 12. The number of carbonyl (C=O) groups is 12. The van der Waals surface area contributed by atoms with Crippen LogP contribution in [-0.4, -0.2) is 177 Å². The lowest BCUT2D eigenvalue weighted by Crippen LogP contribution is -2.61. The minimum absolute atomic E-state index is 0.00114. The molecule has 9 atom stereocenters. The molecule has 2 aliphatic rings. The number of aliphatic hydroxyl groups excluding tert-OH is 1. The maximum atomic E-state index is 14.1. The summed E-state index contributed by atoms with van der Waals surface area (Å²) in [5, 5.41) is 45.9. The van der Waals surface area contributed by atoms with E-state index in [0.717, 1.165) is 11.8 Å². The van der Waals surface area contributed by atoms with Gasteiger partial charge in [-0.25, -0.2) is 4.79 Å². The number of nitrogens with zero attached hydrogens (tertiary/aromatic N) is 2. The van der Waals surface area contributed by atoms with Crippen LogP contribution in [0.5, 0.6) is 0 Å². The second kappa shape index (κ2) is 25.9. The summed E-state index contributed by atoms with van der Waals surface area (Å²) < 4.78 is 0. The van der Waals surface area contributed by atoms with E-state index >= 15 is 0 Å². The molecular weight excluding hydrogens is 875 g/mol. The molecule has 0 spiro atoms. The first kappa shape index (κ1) is 55.7. The molecule has 26 nitrogen and oxygen atoms in total. The molecule has 0 aliphatic carbocycles. The molecule has 370 valence electrons. The van der Waals surface area contributed by atoms with Crippen molar-refractivity contribution in [2.75, 3.05) is 26.2 Å². The predicted molar refractivity (Wildman–Crippen MR) is 228 cm³/mol. The Morgan fingerprint density at radius 3 is 1.71 bits per heavy atom. The van der Waals surface area contributed by atoms with Gasteiger partial charge in [-0.3, -0.25) is 52.7 Å². The van der Waals surface area contributed by atoms with Crippen molar-refractivity contribution in [3.8, 4) is 0 Å². The first-order valence-corrected chi connectivity index (χ1v) is 21.6. The highest BCUT2D eigenvalue weighted by atomic mass is 16.4. The summed E-state index contributed by atoms with van der Waals surface area (Å²) in [6, 6.07) is -10.7. The molecule has 0 saturated carbocycles. The van der Waals surface area contributed by atoms with Crippen molar-refractivity contribution in [2.24, 2.45) is 23.3 Å². The number of nitrogens with one attached hydrogen (secondary N) is 7.